The Bertz CT molecular complexity index is 1460. The summed E-state index contributed by atoms with van der Waals surface area (Å²) in [6, 6.07) is 6.59. The van der Waals surface area contributed by atoms with Crippen molar-refractivity contribution in [3.8, 4) is 5.00 Å². The number of aryl methyl sites for hydroxylation is 2. The molecule has 4 heterocycles. The summed E-state index contributed by atoms with van der Waals surface area (Å²) < 4.78 is 2.05. The van der Waals surface area contributed by atoms with Crippen molar-refractivity contribution in [3.05, 3.63) is 62.5 Å². The Kier molecular flexibility index (Phi) is 8.88. The van der Waals surface area contributed by atoms with Crippen molar-refractivity contribution < 1.29 is 9.59 Å². The van der Waals surface area contributed by atoms with Crippen LogP contribution in [0.3, 0.4) is 0 Å². The zero-order chi connectivity index (χ0) is 29.3. The van der Waals surface area contributed by atoms with Crippen molar-refractivity contribution in [2.45, 2.75) is 58.5 Å². The molecule has 218 valence electrons. The number of carbonyl (C=O) groups is 2. The third kappa shape index (κ3) is 5.94. The van der Waals surface area contributed by atoms with Crippen molar-refractivity contribution in [1.82, 2.24) is 24.6 Å². The van der Waals surface area contributed by atoms with Gasteiger partial charge in [0.25, 0.3) is 0 Å². The molecule has 2 aliphatic rings. The number of nitrogens with zero attached hydrogens (tertiary/aromatic N) is 6. The van der Waals surface area contributed by atoms with E-state index in [0.29, 0.717) is 50.0 Å². The van der Waals surface area contributed by atoms with Crippen molar-refractivity contribution in [1.29, 1.82) is 0 Å². The first-order chi connectivity index (χ1) is 19.7. The fourth-order valence-corrected chi connectivity index (χ4v) is 6.81. The molecule has 0 radical (unpaired) electrons. The number of carbonyl (C=O) groups excluding carboxylic acids is 2. The minimum absolute atomic E-state index is 0.0288. The first-order valence-corrected chi connectivity index (χ1v) is 15.3. The molecule has 5 rings (SSSR count). The van der Waals surface area contributed by atoms with E-state index in [0.717, 1.165) is 46.1 Å². The van der Waals surface area contributed by atoms with Crippen molar-refractivity contribution in [3.63, 3.8) is 0 Å². The Balaban J connectivity index is 1.38. The highest BCUT2D eigenvalue weighted by Crippen LogP contribution is 2.39. The van der Waals surface area contributed by atoms with Gasteiger partial charge in [0.1, 0.15) is 16.9 Å². The standard InChI is InChI=1S/C29H37ClN8O2S/c1-17-18(2)41-29-25(17)26(20-7-9-21(30)10-8-20)33-23(27-35-34-19(3)38(27)29)16-24(39)36-12-14-37(15-13-36)28(40)22(32)6-4-5-11-31/h7-10,22-23H,4-6,11-16,31-32H2,1-3H3/t22?,23-/m0/s1. The van der Waals surface area contributed by atoms with Gasteiger partial charge in [-0.2, -0.15) is 0 Å². The molecule has 10 nitrogen and oxygen atoms in total. The van der Waals surface area contributed by atoms with Crippen molar-refractivity contribution in [2.24, 2.45) is 16.5 Å². The van der Waals surface area contributed by atoms with Gasteiger partial charge in [-0.25, -0.2) is 0 Å². The van der Waals surface area contributed by atoms with Crippen LogP contribution < -0.4 is 11.5 Å². The highest BCUT2D eigenvalue weighted by Gasteiger charge is 2.34. The molecule has 3 aromatic rings. The first-order valence-electron chi connectivity index (χ1n) is 14.1. The average molecular weight is 597 g/mol. The van der Waals surface area contributed by atoms with Crippen LogP contribution in [0.1, 0.15) is 64.9 Å². The van der Waals surface area contributed by atoms with E-state index in [4.69, 9.17) is 28.1 Å². The summed E-state index contributed by atoms with van der Waals surface area (Å²) in [5.41, 5.74) is 15.6. The molecule has 2 aromatic heterocycles. The Morgan fingerprint density at radius 2 is 1.73 bits per heavy atom. The maximum atomic E-state index is 13.6. The smallest absolute Gasteiger partial charge is 0.239 e. The van der Waals surface area contributed by atoms with Gasteiger partial charge >= 0.3 is 0 Å². The van der Waals surface area contributed by atoms with Gasteiger partial charge in [0.2, 0.25) is 11.8 Å². The molecule has 2 aliphatic heterocycles. The number of thiophene rings is 1. The fourth-order valence-electron chi connectivity index (χ4n) is 5.47. The number of piperazine rings is 1. The lowest BCUT2D eigenvalue weighted by Crippen LogP contribution is -2.54. The summed E-state index contributed by atoms with van der Waals surface area (Å²) in [6.07, 6.45) is 2.45. The fraction of sp³-hybridized carbons (Fsp3) is 0.483. The van der Waals surface area contributed by atoms with Crippen molar-refractivity contribution >= 4 is 40.5 Å². The number of benzene rings is 1. The Labute approximate surface area is 249 Å². The van der Waals surface area contributed by atoms with Crippen LogP contribution in [0.25, 0.3) is 5.00 Å². The maximum Gasteiger partial charge on any atom is 0.239 e. The summed E-state index contributed by atoms with van der Waals surface area (Å²) in [4.78, 5) is 36.4. The van der Waals surface area contributed by atoms with Gasteiger partial charge < -0.3 is 21.3 Å². The van der Waals surface area contributed by atoms with E-state index in [9.17, 15) is 9.59 Å². The summed E-state index contributed by atoms with van der Waals surface area (Å²) >= 11 is 7.89. The van der Waals surface area contributed by atoms with Gasteiger partial charge in [0, 0.05) is 47.2 Å². The quantitative estimate of drug-likeness (QED) is 0.383. The second-order valence-electron chi connectivity index (χ2n) is 10.7. The van der Waals surface area contributed by atoms with E-state index in [1.165, 1.54) is 4.88 Å². The predicted octanol–water partition coefficient (Wildman–Crippen LogP) is 3.32. The minimum atomic E-state index is -0.529. The molecule has 0 spiro atoms. The Morgan fingerprint density at radius 1 is 1.05 bits per heavy atom. The number of fused-ring (bicyclic) bond motifs is 3. The third-order valence-corrected chi connectivity index (χ3v) is 9.40. The van der Waals surface area contributed by atoms with Gasteiger partial charge in [0.15, 0.2) is 5.82 Å². The summed E-state index contributed by atoms with van der Waals surface area (Å²) in [5, 5.41) is 10.5. The molecule has 0 saturated carbocycles. The van der Waals surface area contributed by atoms with Crippen LogP contribution in [0, 0.1) is 20.8 Å². The zero-order valence-electron chi connectivity index (χ0n) is 23.8. The number of hydrogen-bond donors (Lipinski definition) is 2. The number of hydrogen-bond acceptors (Lipinski definition) is 8. The molecule has 0 aliphatic carbocycles. The van der Waals surface area contributed by atoms with E-state index >= 15 is 0 Å². The van der Waals surface area contributed by atoms with E-state index in [2.05, 4.69) is 24.0 Å². The largest absolute Gasteiger partial charge is 0.339 e. The number of aliphatic imine (C=N–C) groups is 1. The molecule has 12 heteroatoms. The first kappa shape index (κ1) is 29.4. The number of unbranched alkanes of at least 4 members (excludes halogenated alkanes) is 1. The maximum absolute atomic E-state index is 13.6. The topological polar surface area (TPSA) is 136 Å². The van der Waals surface area contributed by atoms with E-state index in [-0.39, 0.29) is 18.2 Å². The van der Waals surface area contributed by atoms with Gasteiger partial charge in [0.05, 0.1) is 18.2 Å². The molecular formula is C29H37ClN8O2S. The van der Waals surface area contributed by atoms with Gasteiger partial charge in [-0.05, 0) is 57.9 Å². The molecule has 1 saturated heterocycles. The number of amides is 2. The van der Waals surface area contributed by atoms with Crippen molar-refractivity contribution in [2.75, 3.05) is 32.7 Å². The molecule has 2 atom stereocenters. The van der Waals surface area contributed by atoms with E-state index < -0.39 is 12.1 Å². The third-order valence-electron chi connectivity index (χ3n) is 7.96. The van der Waals surface area contributed by atoms with Gasteiger partial charge in [-0.15, -0.1) is 21.5 Å². The van der Waals surface area contributed by atoms with Crippen LogP contribution in [0.2, 0.25) is 5.02 Å². The SMILES string of the molecule is Cc1sc2c(c1C)C(c1ccc(Cl)cc1)=N[C@@H](CC(=O)N1CCN(C(=O)C(N)CCCCN)CC1)c1nnc(C)n1-2. The van der Waals surface area contributed by atoms with E-state index in [1.807, 2.05) is 40.7 Å². The lowest BCUT2D eigenvalue weighted by atomic mass is 9.99. The summed E-state index contributed by atoms with van der Waals surface area (Å²) in [5.74, 6) is 1.32. The van der Waals surface area contributed by atoms with Crippen LogP contribution in [0.4, 0.5) is 0 Å². The molecule has 1 unspecified atom stereocenters. The number of halogens is 1. The summed E-state index contributed by atoms with van der Waals surface area (Å²) in [6.45, 7) is 8.56. The second-order valence-corrected chi connectivity index (χ2v) is 12.3. The van der Waals surface area contributed by atoms with E-state index in [1.54, 1.807) is 16.2 Å². The molecule has 41 heavy (non-hydrogen) atoms. The average Bonchev–Trinajstić information content (AvgIpc) is 3.45. The number of aromatic nitrogens is 3. The highest BCUT2D eigenvalue weighted by atomic mass is 35.5. The lowest BCUT2D eigenvalue weighted by molar-refractivity contribution is -0.140. The van der Waals surface area contributed by atoms with Crippen LogP contribution >= 0.6 is 22.9 Å². The molecule has 2 amide bonds. The van der Waals surface area contributed by atoms with Crippen LogP contribution in [0.15, 0.2) is 29.3 Å². The summed E-state index contributed by atoms with van der Waals surface area (Å²) in [7, 11) is 0. The number of nitrogens with two attached hydrogens (primary N) is 2. The van der Waals surface area contributed by atoms with Crippen LogP contribution in [0.5, 0.6) is 0 Å². The monoisotopic (exact) mass is 596 g/mol. The molecule has 1 fully saturated rings. The van der Waals surface area contributed by atoms with Crippen LogP contribution in [-0.2, 0) is 9.59 Å². The van der Waals surface area contributed by atoms with Gasteiger partial charge in [-0.1, -0.05) is 30.2 Å². The molecule has 4 N–H and O–H groups in total. The Hall–Kier alpha value is -3.12. The zero-order valence-corrected chi connectivity index (χ0v) is 25.3. The Morgan fingerprint density at radius 3 is 2.41 bits per heavy atom. The normalized spacial score (nSPS) is 17.5. The lowest BCUT2D eigenvalue weighted by Gasteiger charge is -2.36. The minimum Gasteiger partial charge on any atom is -0.339 e. The highest BCUT2D eigenvalue weighted by molar-refractivity contribution is 7.15. The molecular weight excluding hydrogens is 560 g/mol. The predicted molar refractivity (Wildman–Crippen MR) is 162 cm³/mol. The van der Waals surface area contributed by atoms with Crippen LogP contribution in [-0.4, -0.2) is 80.9 Å². The number of rotatable bonds is 8. The molecule has 0 bridgehead atoms. The van der Waals surface area contributed by atoms with Gasteiger partial charge in [-0.3, -0.25) is 19.1 Å². The second kappa shape index (κ2) is 12.4. The molecule has 1 aromatic carbocycles.